The van der Waals surface area contributed by atoms with Gasteiger partial charge in [-0.25, -0.2) is 9.45 Å². The molecule has 0 spiro atoms. The molecule has 0 saturated carbocycles. The van der Waals surface area contributed by atoms with Gasteiger partial charge >= 0.3 is 7.82 Å². The van der Waals surface area contributed by atoms with Crippen molar-refractivity contribution in [3.05, 3.63) is 0 Å². The second-order valence-electron chi connectivity index (χ2n) is 8.92. The topological polar surface area (TPSA) is 92.7 Å². The standard InChI is InChI=1S/C26H55O8P/c1-3-5-6-7-8-9-10-11-12-13-14-15-16-17-18-19-20-32-34-35(27,28)33-26-25-31-24-23-30-22-21-29-4-2/h3-26H2,1-2H3,(H,27,28). The zero-order chi connectivity index (χ0) is 25.7. The average Bonchev–Trinajstić information content (AvgIpc) is 2.84. The van der Waals surface area contributed by atoms with Crippen molar-refractivity contribution in [2.24, 2.45) is 0 Å². The molecule has 35 heavy (non-hydrogen) atoms. The van der Waals surface area contributed by atoms with Crippen molar-refractivity contribution in [2.45, 2.75) is 117 Å². The van der Waals surface area contributed by atoms with Crippen molar-refractivity contribution in [3.63, 3.8) is 0 Å². The van der Waals surface area contributed by atoms with E-state index >= 15 is 0 Å². The molecular weight excluding hydrogens is 471 g/mol. The zero-order valence-electron chi connectivity index (χ0n) is 22.7. The zero-order valence-corrected chi connectivity index (χ0v) is 23.6. The lowest BCUT2D eigenvalue weighted by atomic mass is 10.0. The van der Waals surface area contributed by atoms with Gasteiger partial charge in [-0.05, 0) is 13.3 Å². The molecule has 0 aromatic rings. The fourth-order valence-corrected chi connectivity index (χ4v) is 4.19. The highest BCUT2D eigenvalue weighted by Crippen LogP contribution is 2.43. The Morgan fingerprint density at radius 1 is 0.514 bits per heavy atom. The van der Waals surface area contributed by atoms with E-state index in [9.17, 15) is 9.46 Å². The van der Waals surface area contributed by atoms with E-state index in [2.05, 4.69) is 11.6 Å². The minimum Gasteiger partial charge on any atom is -0.379 e. The lowest BCUT2D eigenvalue weighted by Gasteiger charge is -2.11. The first-order chi connectivity index (χ1) is 17.1. The second-order valence-corrected chi connectivity index (χ2v) is 10.3. The predicted molar refractivity (Wildman–Crippen MR) is 140 cm³/mol. The molecule has 212 valence electrons. The Bertz CT molecular complexity index is 453. The lowest BCUT2D eigenvalue weighted by molar-refractivity contribution is -0.225. The van der Waals surface area contributed by atoms with E-state index in [1.165, 1.54) is 83.5 Å². The van der Waals surface area contributed by atoms with Crippen LogP contribution in [-0.4, -0.2) is 57.7 Å². The molecule has 0 aliphatic rings. The van der Waals surface area contributed by atoms with Gasteiger partial charge < -0.3 is 19.1 Å². The van der Waals surface area contributed by atoms with E-state index in [1.54, 1.807) is 0 Å². The van der Waals surface area contributed by atoms with Crippen LogP contribution in [0, 0.1) is 0 Å². The molecule has 0 heterocycles. The van der Waals surface area contributed by atoms with Gasteiger partial charge in [0.05, 0.1) is 46.2 Å². The summed E-state index contributed by atoms with van der Waals surface area (Å²) in [5, 5.41) is 0. The minimum absolute atomic E-state index is 0.0604. The maximum absolute atomic E-state index is 11.7. The van der Waals surface area contributed by atoms with E-state index in [1.807, 2.05) is 6.92 Å². The third-order valence-corrected chi connectivity index (χ3v) is 6.46. The van der Waals surface area contributed by atoms with Crippen LogP contribution >= 0.6 is 7.82 Å². The first kappa shape index (κ1) is 35.0. The third-order valence-electron chi connectivity index (χ3n) is 5.66. The number of unbranched alkanes of at least 4 members (excludes halogenated alkanes) is 15. The summed E-state index contributed by atoms with van der Waals surface area (Å²) in [6.45, 7) is 7.14. The summed E-state index contributed by atoms with van der Waals surface area (Å²) in [6.07, 6.45) is 20.7. The molecular formula is C26H55O8P. The summed E-state index contributed by atoms with van der Waals surface area (Å²) < 4.78 is 36.7. The van der Waals surface area contributed by atoms with E-state index in [4.69, 9.17) is 23.6 Å². The van der Waals surface area contributed by atoms with Crippen molar-refractivity contribution in [1.29, 1.82) is 0 Å². The predicted octanol–water partition coefficient (Wildman–Crippen LogP) is 7.38. The van der Waals surface area contributed by atoms with Gasteiger partial charge in [0.2, 0.25) is 0 Å². The minimum atomic E-state index is -4.21. The molecule has 8 nitrogen and oxygen atoms in total. The normalized spacial score (nSPS) is 13.3. The highest BCUT2D eigenvalue weighted by atomic mass is 31.2. The molecule has 0 bridgehead atoms. The number of ether oxygens (including phenoxy) is 3. The van der Waals surface area contributed by atoms with Gasteiger partial charge in [0.15, 0.2) is 0 Å². The summed E-state index contributed by atoms with van der Waals surface area (Å²) in [6, 6.07) is 0. The molecule has 0 fully saturated rings. The SMILES string of the molecule is CCCCCCCCCCCCCCCCCCOOP(=O)(O)OCCOCCOCCOCC. The van der Waals surface area contributed by atoms with Crippen molar-refractivity contribution in [2.75, 3.05) is 52.9 Å². The molecule has 0 saturated heterocycles. The molecule has 0 amide bonds. The Kier molecular flexibility index (Phi) is 28.5. The van der Waals surface area contributed by atoms with Crippen LogP contribution in [0.4, 0.5) is 0 Å². The fourth-order valence-electron chi connectivity index (χ4n) is 3.63. The van der Waals surface area contributed by atoms with Crippen LogP contribution in [0.5, 0.6) is 0 Å². The maximum atomic E-state index is 11.7. The van der Waals surface area contributed by atoms with Crippen molar-refractivity contribution in [3.8, 4) is 0 Å². The number of hydrogen-bond donors (Lipinski definition) is 1. The van der Waals surface area contributed by atoms with E-state index in [0.717, 1.165) is 19.3 Å². The van der Waals surface area contributed by atoms with Crippen molar-refractivity contribution < 1.29 is 37.8 Å². The van der Waals surface area contributed by atoms with Gasteiger partial charge in [0.25, 0.3) is 0 Å². The second kappa shape index (κ2) is 28.5. The molecule has 1 atom stereocenters. The Hall–Kier alpha value is -0.0500. The Morgan fingerprint density at radius 2 is 0.914 bits per heavy atom. The molecule has 0 aliphatic heterocycles. The van der Waals surface area contributed by atoms with E-state index in [0.29, 0.717) is 33.0 Å². The Balaban J connectivity index is 3.26. The summed E-state index contributed by atoms with van der Waals surface area (Å²) in [5.74, 6) is 0. The van der Waals surface area contributed by atoms with Gasteiger partial charge in [0, 0.05) is 6.61 Å². The molecule has 0 rings (SSSR count). The monoisotopic (exact) mass is 526 g/mol. The van der Waals surface area contributed by atoms with Crippen LogP contribution in [-0.2, 0) is 32.9 Å². The maximum Gasteiger partial charge on any atom is 0.499 e. The average molecular weight is 527 g/mol. The highest BCUT2D eigenvalue weighted by Gasteiger charge is 2.22. The van der Waals surface area contributed by atoms with Crippen molar-refractivity contribution >= 4 is 7.82 Å². The van der Waals surface area contributed by atoms with Gasteiger partial charge in [0.1, 0.15) is 0 Å². The molecule has 1 unspecified atom stereocenters. The van der Waals surface area contributed by atoms with E-state index < -0.39 is 7.82 Å². The van der Waals surface area contributed by atoms with Gasteiger partial charge in [-0.15, -0.1) is 4.67 Å². The Labute approximate surface area is 215 Å². The van der Waals surface area contributed by atoms with Gasteiger partial charge in [-0.1, -0.05) is 103 Å². The summed E-state index contributed by atoms with van der Waals surface area (Å²) in [4.78, 5) is 14.4. The van der Waals surface area contributed by atoms with Crippen LogP contribution in [0.15, 0.2) is 0 Å². The van der Waals surface area contributed by atoms with Crippen molar-refractivity contribution in [1.82, 2.24) is 0 Å². The smallest absolute Gasteiger partial charge is 0.379 e. The van der Waals surface area contributed by atoms with Crippen LogP contribution in [0.3, 0.4) is 0 Å². The number of hydrogen-bond acceptors (Lipinski definition) is 7. The number of rotatable bonds is 30. The molecule has 1 N–H and O–H groups in total. The van der Waals surface area contributed by atoms with Crippen LogP contribution in [0.25, 0.3) is 0 Å². The highest BCUT2D eigenvalue weighted by molar-refractivity contribution is 7.47. The lowest BCUT2D eigenvalue weighted by Crippen LogP contribution is -2.11. The Morgan fingerprint density at radius 3 is 1.37 bits per heavy atom. The van der Waals surface area contributed by atoms with Crippen LogP contribution in [0.2, 0.25) is 0 Å². The van der Waals surface area contributed by atoms with Crippen LogP contribution in [0.1, 0.15) is 117 Å². The van der Waals surface area contributed by atoms with Crippen LogP contribution < -0.4 is 0 Å². The first-order valence-corrected chi connectivity index (χ1v) is 15.6. The molecule has 0 radical (unpaired) electrons. The molecule has 0 aromatic heterocycles. The largest absolute Gasteiger partial charge is 0.499 e. The number of phosphoric acid groups is 1. The summed E-state index contributed by atoms with van der Waals surface area (Å²) >= 11 is 0. The fraction of sp³-hybridized carbons (Fsp3) is 1.00. The number of phosphoric ester groups is 1. The third kappa shape index (κ3) is 30.1. The quantitative estimate of drug-likeness (QED) is 0.0448. The van der Waals surface area contributed by atoms with Gasteiger partial charge in [-0.2, -0.15) is 0 Å². The van der Waals surface area contributed by atoms with Gasteiger partial charge in [-0.3, -0.25) is 4.52 Å². The van der Waals surface area contributed by atoms with E-state index in [-0.39, 0.29) is 19.8 Å². The summed E-state index contributed by atoms with van der Waals surface area (Å²) in [5.41, 5.74) is 0. The molecule has 0 aliphatic carbocycles. The summed E-state index contributed by atoms with van der Waals surface area (Å²) in [7, 11) is -4.21. The molecule has 0 aromatic carbocycles. The molecule has 9 heteroatoms. The first-order valence-electron chi connectivity index (χ1n) is 14.1.